The van der Waals surface area contributed by atoms with Crippen molar-refractivity contribution in [3.05, 3.63) is 13.8 Å². The molecule has 0 spiro atoms. The SMILES string of the molecule is [CH2]CCCC([CH2])C1CCCC1. The van der Waals surface area contributed by atoms with Gasteiger partial charge < -0.3 is 0 Å². The monoisotopic (exact) mass is 152 g/mol. The summed E-state index contributed by atoms with van der Waals surface area (Å²) < 4.78 is 0. The topological polar surface area (TPSA) is 0 Å². The van der Waals surface area contributed by atoms with Crippen LogP contribution in [0.4, 0.5) is 0 Å². The molecule has 0 aromatic carbocycles. The predicted molar refractivity (Wildman–Crippen MR) is 50.0 cm³/mol. The van der Waals surface area contributed by atoms with Crippen molar-refractivity contribution in [2.24, 2.45) is 11.8 Å². The first kappa shape index (κ1) is 9.09. The first-order chi connectivity index (χ1) is 5.34. The standard InChI is InChI=1S/C11H20/c1-3-4-7-10(2)11-8-5-6-9-11/h10-11H,1-9H2. The summed E-state index contributed by atoms with van der Waals surface area (Å²) in [6.45, 7) is 8.09. The zero-order valence-electron chi connectivity index (χ0n) is 7.52. The van der Waals surface area contributed by atoms with E-state index in [9.17, 15) is 0 Å². The van der Waals surface area contributed by atoms with Crippen LogP contribution < -0.4 is 0 Å². The van der Waals surface area contributed by atoms with Gasteiger partial charge in [0, 0.05) is 0 Å². The molecule has 1 saturated carbocycles. The van der Waals surface area contributed by atoms with Crippen LogP contribution in [0, 0.1) is 25.7 Å². The first-order valence-electron chi connectivity index (χ1n) is 4.97. The molecule has 0 amide bonds. The Kier molecular flexibility index (Phi) is 3.96. The van der Waals surface area contributed by atoms with Crippen molar-refractivity contribution in [1.82, 2.24) is 0 Å². The summed E-state index contributed by atoms with van der Waals surface area (Å²) >= 11 is 0. The molecule has 1 fully saturated rings. The van der Waals surface area contributed by atoms with Crippen LogP contribution in [0.25, 0.3) is 0 Å². The lowest BCUT2D eigenvalue weighted by atomic mass is 9.88. The fourth-order valence-electron chi connectivity index (χ4n) is 2.07. The van der Waals surface area contributed by atoms with Crippen LogP contribution in [0.2, 0.25) is 0 Å². The Bertz CT molecular complexity index is 90.2. The molecule has 1 aliphatic carbocycles. The van der Waals surface area contributed by atoms with Crippen LogP contribution in [0.5, 0.6) is 0 Å². The minimum atomic E-state index is 0.722. The fourth-order valence-corrected chi connectivity index (χ4v) is 2.07. The highest BCUT2D eigenvalue weighted by molar-refractivity contribution is 4.76. The normalized spacial score (nSPS) is 22.4. The van der Waals surface area contributed by atoms with E-state index in [4.69, 9.17) is 0 Å². The average molecular weight is 152 g/mol. The van der Waals surface area contributed by atoms with Crippen LogP contribution in [-0.4, -0.2) is 0 Å². The molecule has 0 aromatic rings. The minimum Gasteiger partial charge on any atom is -0.0533 e. The summed E-state index contributed by atoms with van der Waals surface area (Å²) in [5, 5.41) is 0. The molecule has 0 aliphatic heterocycles. The quantitative estimate of drug-likeness (QED) is 0.577. The Hall–Kier alpha value is 0. The van der Waals surface area contributed by atoms with Gasteiger partial charge in [-0.3, -0.25) is 0 Å². The van der Waals surface area contributed by atoms with Crippen molar-refractivity contribution in [3.8, 4) is 0 Å². The molecular weight excluding hydrogens is 132 g/mol. The Balaban J connectivity index is 2.12. The van der Waals surface area contributed by atoms with Crippen LogP contribution >= 0.6 is 0 Å². The molecule has 2 radical (unpaired) electrons. The van der Waals surface area contributed by atoms with Crippen molar-refractivity contribution < 1.29 is 0 Å². The summed E-state index contributed by atoms with van der Waals surface area (Å²) in [4.78, 5) is 0. The van der Waals surface area contributed by atoms with E-state index in [0.717, 1.165) is 18.3 Å². The number of hydrogen-bond donors (Lipinski definition) is 0. The fraction of sp³-hybridized carbons (Fsp3) is 0.818. The lowest BCUT2D eigenvalue weighted by Crippen LogP contribution is -2.07. The third kappa shape index (κ3) is 2.84. The Morgan fingerprint density at radius 1 is 1.27 bits per heavy atom. The predicted octanol–water partition coefficient (Wildman–Crippen LogP) is 3.63. The van der Waals surface area contributed by atoms with Gasteiger partial charge in [0.1, 0.15) is 0 Å². The van der Waals surface area contributed by atoms with Crippen LogP contribution in [0.15, 0.2) is 0 Å². The maximum Gasteiger partial charge on any atom is -0.0386 e. The molecule has 64 valence electrons. The average Bonchev–Trinajstić information content (AvgIpc) is 2.52. The molecule has 0 bridgehead atoms. The van der Waals surface area contributed by atoms with E-state index in [1.165, 1.54) is 38.5 Å². The largest absolute Gasteiger partial charge is 0.0533 e. The van der Waals surface area contributed by atoms with E-state index in [0.29, 0.717) is 0 Å². The second-order valence-corrected chi connectivity index (χ2v) is 3.80. The molecular formula is C11H20. The molecule has 0 N–H and O–H groups in total. The van der Waals surface area contributed by atoms with Crippen molar-refractivity contribution in [2.75, 3.05) is 0 Å². The summed E-state index contributed by atoms with van der Waals surface area (Å²) in [5.74, 6) is 1.67. The van der Waals surface area contributed by atoms with Crippen molar-refractivity contribution >= 4 is 0 Å². The van der Waals surface area contributed by atoms with E-state index in [-0.39, 0.29) is 0 Å². The van der Waals surface area contributed by atoms with Gasteiger partial charge in [-0.15, -0.1) is 0 Å². The van der Waals surface area contributed by atoms with Gasteiger partial charge >= 0.3 is 0 Å². The molecule has 1 aliphatic rings. The second kappa shape index (κ2) is 4.79. The first-order valence-corrected chi connectivity index (χ1v) is 4.97. The maximum atomic E-state index is 4.23. The van der Waals surface area contributed by atoms with Gasteiger partial charge in [0.2, 0.25) is 0 Å². The van der Waals surface area contributed by atoms with Crippen molar-refractivity contribution in [1.29, 1.82) is 0 Å². The lowest BCUT2D eigenvalue weighted by Gasteiger charge is -2.17. The Labute approximate surface area is 71.4 Å². The molecule has 0 aromatic heterocycles. The third-order valence-electron chi connectivity index (χ3n) is 2.89. The zero-order chi connectivity index (χ0) is 8.10. The van der Waals surface area contributed by atoms with Gasteiger partial charge in [0.15, 0.2) is 0 Å². The van der Waals surface area contributed by atoms with Gasteiger partial charge in [-0.2, -0.15) is 0 Å². The summed E-state index contributed by atoms with van der Waals surface area (Å²) in [5.41, 5.74) is 0. The highest BCUT2D eigenvalue weighted by Crippen LogP contribution is 2.33. The third-order valence-corrected chi connectivity index (χ3v) is 2.89. The Morgan fingerprint density at radius 3 is 2.45 bits per heavy atom. The van der Waals surface area contributed by atoms with E-state index < -0.39 is 0 Å². The van der Waals surface area contributed by atoms with E-state index in [1.54, 1.807) is 0 Å². The minimum absolute atomic E-state index is 0.722. The second-order valence-electron chi connectivity index (χ2n) is 3.80. The highest BCUT2D eigenvalue weighted by atomic mass is 14.3. The van der Waals surface area contributed by atoms with E-state index in [1.807, 2.05) is 0 Å². The molecule has 0 nitrogen and oxygen atoms in total. The van der Waals surface area contributed by atoms with Crippen LogP contribution in [0.3, 0.4) is 0 Å². The van der Waals surface area contributed by atoms with Gasteiger partial charge in [0.05, 0.1) is 0 Å². The van der Waals surface area contributed by atoms with Gasteiger partial charge in [0.25, 0.3) is 0 Å². The zero-order valence-corrected chi connectivity index (χ0v) is 7.52. The van der Waals surface area contributed by atoms with E-state index >= 15 is 0 Å². The molecule has 0 heterocycles. The van der Waals surface area contributed by atoms with Crippen LogP contribution in [-0.2, 0) is 0 Å². The molecule has 0 heteroatoms. The maximum absolute atomic E-state index is 4.23. The molecule has 1 rings (SSSR count). The highest BCUT2D eigenvalue weighted by Gasteiger charge is 2.20. The van der Waals surface area contributed by atoms with Crippen molar-refractivity contribution in [2.45, 2.75) is 44.9 Å². The van der Waals surface area contributed by atoms with Gasteiger partial charge in [-0.25, -0.2) is 0 Å². The molecule has 11 heavy (non-hydrogen) atoms. The smallest absolute Gasteiger partial charge is 0.0386 e. The Morgan fingerprint density at radius 2 is 1.91 bits per heavy atom. The van der Waals surface area contributed by atoms with Gasteiger partial charge in [-0.05, 0) is 18.8 Å². The summed E-state index contributed by atoms with van der Waals surface area (Å²) in [6, 6.07) is 0. The molecule has 1 unspecified atom stereocenters. The molecule has 0 saturated heterocycles. The summed E-state index contributed by atoms with van der Waals surface area (Å²) in [6.07, 6.45) is 9.41. The number of unbranched alkanes of at least 4 members (excludes halogenated alkanes) is 1. The number of hydrogen-bond acceptors (Lipinski definition) is 0. The van der Waals surface area contributed by atoms with Crippen molar-refractivity contribution in [3.63, 3.8) is 0 Å². The lowest BCUT2D eigenvalue weighted by molar-refractivity contribution is 0.373. The van der Waals surface area contributed by atoms with Crippen LogP contribution in [0.1, 0.15) is 44.9 Å². The molecule has 1 atom stereocenters. The van der Waals surface area contributed by atoms with Gasteiger partial charge in [-0.1, -0.05) is 51.9 Å². The summed E-state index contributed by atoms with van der Waals surface area (Å²) in [7, 11) is 0. The number of rotatable bonds is 4. The van der Waals surface area contributed by atoms with E-state index in [2.05, 4.69) is 13.8 Å².